The summed E-state index contributed by atoms with van der Waals surface area (Å²) >= 11 is 9.05. The fourth-order valence-electron chi connectivity index (χ4n) is 3.71. The molecule has 31 heavy (non-hydrogen) atoms. The number of halogens is 1. The monoisotopic (exact) mass is 494 g/mol. The number of benzene rings is 3. The summed E-state index contributed by atoms with van der Waals surface area (Å²) in [5.74, 6) is 0.266. The Balaban J connectivity index is 1.46. The molecule has 0 atom stereocenters. The Labute approximate surface area is 196 Å². The molecular formula is C25H23BrN2O2S. The van der Waals surface area contributed by atoms with Crippen LogP contribution in [0.3, 0.4) is 0 Å². The van der Waals surface area contributed by atoms with Gasteiger partial charge in [0.15, 0.2) is 5.11 Å². The SMILES string of the molecule is O=C(NC(=S)N1CCCc2ccccc21)c1cc(Br)ccc1OCCc1ccccc1. The molecule has 0 aromatic heterocycles. The van der Waals surface area contributed by atoms with Crippen LogP contribution < -0.4 is 15.0 Å². The van der Waals surface area contributed by atoms with E-state index in [-0.39, 0.29) is 5.91 Å². The second-order valence-electron chi connectivity index (χ2n) is 7.37. The standard InChI is InChI=1S/C25H23BrN2O2S/c26-20-12-13-23(30-16-14-18-7-2-1-3-8-18)21(17-20)24(29)27-25(31)28-15-6-10-19-9-4-5-11-22(19)28/h1-5,7-9,11-13,17H,6,10,14-16H2,(H,27,29,31). The smallest absolute Gasteiger partial charge is 0.261 e. The van der Waals surface area contributed by atoms with Gasteiger partial charge in [0, 0.05) is 23.1 Å². The second-order valence-corrected chi connectivity index (χ2v) is 8.67. The van der Waals surface area contributed by atoms with E-state index in [4.69, 9.17) is 17.0 Å². The Morgan fingerprint density at radius 2 is 1.84 bits per heavy atom. The molecule has 1 amide bonds. The lowest BCUT2D eigenvalue weighted by atomic mass is 10.0. The molecular weight excluding hydrogens is 472 g/mol. The van der Waals surface area contributed by atoms with Gasteiger partial charge in [0.2, 0.25) is 0 Å². The molecule has 0 radical (unpaired) electrons. The molecule has 3 aromatic carbocycles. The van der Waals surface area contributed by atoms with Gasteiger partial charge < -0.3 is 9.64 Å². The normalized spacial score (nSPS) is 12.7. The molecule has 0 spiro atoms. The van der Waals surface area contributed by atoms with Crippen LogP contribution in [0.4, 0.5) is 5.69 Å². The summed E-state index contributed by atoms with van der Waals surface area (Å²) in [6, 6.07) is 23.8. The maximum absolute atomic E-state index is 13.1. The minimum atomic E-state index is -0.274. The fraction of sp³-hybridized carbons (Fsp3) is 0.200. The Kier molecular flexibility index (Phi) is 6.99. The molecule has 0 fully saturated rings. The number of anilines is 1. The number of rotatable bonds is 5. The first-order chi connectivity index (χ1) is 15.1. The van der Waals surface area contributed by atoms with Gasteiger partial charge in [-0.15, -0.1) is 0 Å². The van der Waals surface area contributed by atoms with E-state index >= 15 is 0 Å². The highest BCUT2D eigenvalue weighted by Gasteiger charge is 2.22. The lowest BCUT2D eigenvalue weighted by Crippen LogP contribution is -2.45. The van der Waals surface area contributed by atoms with Gasteiger partial charge in [-0.3, -0.25) is 10.1 Å². The summed E-state index contributed by atoms with van der Waals surface area (Å²) in [5, 5.41) is 3.31. The Bertz CT molecular complexity index is 1090. The number of nitrogens with zero attached hydrogens (tertiary/aromatic N) is 1. The molecule has 0 saturated heterocycles. The summed E-state index contributed by atoms with van der Waals surface area (Å²) < 4.78 is 6.77. The van der Waals surface area contributed by atoms with Crippen molar-refractivity contribution in [1.29, 1.82) is 0 Å². The van der Waals surface area contributed by atoms with Gasteiger partial charge in [0.05, 0.1) is 12.2 Å². The van der Waals surface area contributed by atoms with Crippen LogP contribution >= 0.6 is 28.1 Å². The summed E-state index contributed by atoms with van der Waals surface area (Å²) in [5.41, 5.74) is 3.95. The molecule has 1 heterocycles. The number of hydrogen-bond donors (Lipinski definition) is 1. The van der Waals surface area contributed by atoms with Crippen molar-refractivity contribution in [2.45, 2.75) is 19.3 Å². The van der Waals surface area contributed by atoms with E-state index in [1.165, 1.54) is 11.1 Å². The summed E-state index contributed by atoms with van der Waals surface area (Å²) in [6.07, 6.45) is 2.78. The number of thiocarbonyl (C=S) groups is 1. The highest BCUT2D eigenvalue weighted by Crippen LogP contribution is 2.27. The van der Waals surface area contributed by atoms with E-state index in [2.05, 4.69) is 39.4 Å². The lowest BCUT2D eigenvalue weighted by Gasteiger charge is -2.31. The number of nitrogens with one attached hydrogen (secondary N) is 1. The zero-order valence-electron chi connectivity index (χ0n) is 17.0. The van der Waals surface area contributed by atoms with Crippen LogP contribution in [0.15, 0.2) is 77.3 Å². The predicted octanol–water partition coefficient (Wildman–Crippen LogP) is 5.54. The first kappa shape index (κ1) is 21.5. The Hall–Kier alpha value is -2.70. The lowest BCUT2D eigenvalue weighted by molar-refractivity contribution is 0.0973. The highest BCUT2D eigenvalue weighted by molar-refractivity contribution is 9.10. The quantitative estimate of drug-likeness (QED) is 0.472. The molecule has 0 bridgehead atoms. The van der Waals surface area contributed by atoms with Gasteiger partial charge in [-0.25, -0.2) is 0 Å². The summed E-state index contributed by atoms with van der Waals surface area (Å²) in [6.45, 7) is 1.27. The van der Waals surface area contributed by atoms with Crippen LogP contribution in [0, 0.1) is 0 Å². The third-order valence-electron chi connectivity index (χ3n) is 5.25. The molecule has 3 aromatic rings. The minimum absolute atomic E-state index is 0.274. The van der Waals surface area contributed by atoms with Crippen molar-refractivity contribution < 1.29 is 9.53 Å². The van der Waals surface area contributed by atoms with E-state index in [1.54, 1.807) is 6.07 Å². The minimum Gasteiger partial charge on any atom is -0.492 e. The number of amides is 1. The molecule has 1 aliphatic rings. The van der Waals surface area contributed by atoms with Crippen molar-refractivity contribution in [2.75, 3.05) is 18.1 Å². The molecule has 6 heteroatoms. The zero-order valence-corrected chi connectivity index (χ0v) is 19.4. The number of ether oxygens (including phenoxy) is 1. The maximum atomic E-state index is 13.1. The Morgan fingerprint density at radius 1 is 1.06 bits per heavy atom. The van der Waals surface area contributed by atoms with Crippen molar-refractivity contribution in [3.63, 3.8) is 0 Å². The van der Waals surface area contributed by atoms with Crippen LogP contribution in [-0.4, -0.2) is 24.2 Å². The number of carbonyl (C=O) groups is 1. The third-order valence-corrected chi connectivity index (χ3v) is 6.07. The van der Waals surface area contributed by atoms with E-state index in [0.717, 1.165) is 36.0 Å². The van der Waals surface area contributed by atoms with Crippen LogP contribution in [-0.2, 0) is 12.8 Å². The van der Waals surface area contributed by atoms with Gasteiger partial charge in [0.1, 0.15) is 5.75 Å². The maximum Gasteiger partial charge on any atom is 0.261 e. The molecule has 0 unspecified atom stereocenters. The molecule has 4 nitrogen and oxygen atoms in total. The van der Waals surface area contributed by atoms with Gasteiger partial charge in [0.25, 0.3) is 5.91 Å². The molecule has 0 saturated carbocycles. The van der Waals surface area contributed by atoms with Crippen LogP contribution in [0.2, 0.25) is 0 Å². The Morgan fingerprint density at radius 3 is 2.68 bits per heavy atom. The first-order valence-corrected chi connectivity index (χ1v) is 11.5. The van der Waals surface area contributed by atoms with E-state index in [1.807, 2.05) is 53.4 Å². The molecule has 1 N–H and O–H groups in total. The van der Waals surface area contributed by atoms with Crippen molar-refractivity contribution in [3.8, 4) is 5.75 Å². The summed E-state index contributed by atoms with van der Waals surface area (Å²) in [7, 11) is 0. The molecule has 4 rings (SSSR count). The highest BCUT2D eigenvalue weighted by atomic mass is 79.9. The summed E-state index contributed by atoms with van der Waals surface area (Å²) in [4.78, 5) is 15.1. The number of fused-ring (bicyclic) bond motifs is 1. The topological polar surface area (TPSA) is 41.6 Å². The molecule has 0 aliphatic carbocycles. The molecule has 158 valence electrons. The van der Waals surface area contributed by atoms with Gasteiger partial charge in [-0.2, -0.15) is 0 Å². The number of para-hydroxylation sites is 1. The van der Waals surface area contributed by atoms with E-state index in [9.17, 15) is 4.79 Å². The van der Waals surface area contributed by atoms with Crippen molar-refractivity contribution >= 4 is 44.9 Å². The number of carbonyl (C=O) groups excluding carboxylic acids is 1. The van der Waals surface area contributed by atoms with Crippen LogP contribution in [0.5, 0.6) is 5.75 Å². The van der Waals surface area contributed by atoms with Crippen LogP contribution in [0.25, 0.3) is 0 Å². The van der Waals surface area contributed by atoms with Crippen molar-refractivity contribution in [3.05, 3.63) is 94.0 Å². The van der Waals surface area contributed by atoms with Crippen molar-refractivity contribution in [1.82, 2.24) is 5.32 Å². The predicted molar refractivity (Wildman–Crippen MR) is 132 cm³/mol. The van der Waals surface area contributed by atoms with Crippen LogP contribution in [0.1, 0.15) is 27.9 Å². The zero-order chi connectivity index (χ0) is 21.6. The molecule has 1 aliphatic heterocycles. The van der Waals surface area contributed by atoms with Crippen molar-refractivity contribution in [2.24, 2.45) is 0 Å². The second kappa shape index (κ2) is 10.1. The van der Waals surface area contributed by atoms with Gasteiger partial charge in [-0.1, -0.05) is 64.5 Å². The average molecular weight is 495 g/mol. The average Bonchev–Trinajstić information content (AvgIpc) is 2.80. The van der Waals surface area contributed by atoms with E-state index < -0.39 is 0 Å². The first-order valence-electron chi connectivity index (χ1n) is 10.3. The number of hydrogen-bond acceptors (Lipinski definition) is 3. The van der Waals surface area contributed by atoms with Gasteiger partial charge in [-0.05, 0) is 60.5 Å². The van der Waals surface area contributed by atoms with Gasteiger partial charge >= 0.3 is 0 Å². The largest absolute Gasteiger partial charge is 0.492 e. The third kappa shape index (κ3) is 5.32. The fourth-order valence-corrected chi connectivity index (χ4v) is 4.35. The van der Waals surface area contributed by atoms with E-state index in [0.29, 0.717) is 23.0 Å². The number of aryl methyl sites for hydroxylation is 1.